The summed E-state index contributed by atoms with van der Waals surface area (Å²) in [6, 6.07) is 6.14. The van der Waals surface area contributed by atoms with Crippen LogP contribution in [0.4, 0.5) is 0 Å². The van der Waals surface area contributed by atoms with E-state index in [9.17, 15) is 4.79 Å². The van der Waals surface area contributed by atoms with Gasteiger partial charge in [-0.15, -0.1) is 0 Å². The number of likely N-dealkylation sites (tertiary alicyclic amines) is 1. The largest absolute Gasteiger partial charge is 0.339 e. The molecule has 1 aliphatic rings. The molecule has 3 nitrogen and oxygen atoms in total. The zero-order valence-corrected chi connectivity index (χ0v) is 12.1. The van der Waals surface area contributed by atoms with Crippen LogP contribution < -0.4 is 5.73 Å². The molecule has 0 spiro atoms. The third kappa shape index (κ3) is 2.80. The first-order valence-corrected chi connectivity index (χ1v) is 6.97. The highest BCUT2D eigenvalue weighted by Crippen LogP contribution is 2.19. The van der Waals surface area contributed by atoms with E-state index in [1.54, 1.807) is 0 Å². The Morgan fingerprint density at radius 1 is 1.41 bits per heavy atom. The minimum absolute atomic E-state index is 0.146. The molecular weight excluding hydrogens is 327 g/mol. The molecule has 0 atom stereocenters. The fraction of sp³-hybridized carbons (Fsp3) is 0.462. The number of nitrogens with two attached hydrogens (primary N) is 1. The monoisotopic (exact) mass is 344 g/mol. The highest BCUT2D eigenvalue weighted by atomic mass is 127. The zero-order chi connectivity index (χ0) is 12.4. The van der Waals surface area contributed by atoms with Crippen molar-refractivity contribution in [3.05, 3.63) is 32.9 Å². The van der Waals surface area contributed by atoms with Crippen LogP contribution in [0.3, 0.4) is 0 Å². The Labute approximate surface area is 116 Å². The Kier molecular flexibility index (Phi) is 4.04. The van der Waals surface area contributed by atoms with Crippen LogP contribution in [-0.2, 0) is 0 Å². The van der Waals surface area contributed by atoms with Gasteiger partial charge < -0.3 is 10.6 Å². The average Bonchev–Trinajstić information content (AvgIpc) is 2.33. The van der Waals surface area contributed by atoms with Crippen molar-refractivity contribution in [1.82, 2.24) is 4.90 Å². The maximum Gasteiger partial charge on any atom is 0.254 e. The van der Waals surface area contributed by atoms with E-state index in [1.165, 1.54) is 0 Å². The number of piperidine rings is 1. The van der Waals surface area contributed by atoms with Crippen LogP contribution in [0.5, 0.6) is 0 Å². The fourth-order valence-corrected chi connectivity index (χ4v) is 2.61. The van der Waals surface area contributed by atoms with Crippen LogP contribution in [0.15, 0.2) is 18.2 Å². The summed E-state index contributed by atoms with van der Waals surface area (Å²) in [4.78, 5) is 14.3. The number of carbonyl (C=O) groups is 1. The number of carbonyl (C=O) groups excluding carboxylic acids is 1. The van der Waals surface area contributed by atoms with Gasteiger partial charge in [-0.05, 0) is 60.1 Å². The van der Waals surface area contributed by atoms with Crippen LogP contribution in [0.25, 0.3) is 0 Å². The maximum absolute atomic E-state index is 12.4. The quantitative estimate of drug-likeness (QED) is 0.794. The van der Waals surface area contributed by atoms with Gasteiger partial charge in [-0.2, -0.15) is 0 Å². The highest BCUT2D eigenvalue weighted by Gasteiger charge is 2.22. The normalized spacial score (nSPS) is 17.2. The Balaban J connectivity index is 2.17. The van der Waals surface area contributed by atoms with E-state index in [0.29, 0.717) is 0 Å². The van der Waals surface area contributed by atoms with Gasteiger partial charge in [0.15, 0.2) is 0 Å². The van der Waals surface area contributed by atoms with E-state index in [1.807, 2.05) is 30.0 Å². The van der Waals surface area contributed by atoms with Gasteiger partial charge >= 0.3 is 0 Å². The molecule has 4 heteroatoms. The maximum atomic E-state index is 12.4. The molecule has 1 heterocycles. The van der Waals surface area contributed by atoms with E-state index >= 15 is 0 Å². The molecule has 0 aromatic heterocycles. The molecule has 1 amide bonds. The van der Waals surface area contributed by atoms with Crippen LogP contribution >= 0.6 is 22.6 Å². The predicted molar refractivity (Wildman–Crippen MR) is 77.0 cm³/mol. The Morgan fingerprint density at radius 3 is 2.71 bits per heavy atom. The van der Waals surface area contributed by atoms with Crippen LogP contribution in [0, 0.1) is 10.5 Å². The second kappa shape index (κ2) is 5.35. The van der Waals surface area contributed by atoms with Gasteiger partial charge in [0, 0.05) is 28.3 Å². The summed E-state index contributed by atoms with van der Waals surface area (Å²) in [6.45, 7) is 3.57. The lowest BCUT2D eigenvalue weighted by Crippen LogP contribution is -2.43. The summed E-state index contributed by atoms with van der Waals surface area (Å²) in [5.74, 6) is 0.146. The molecule has 1 saturated heterocycles. The summed E-state index contributed by atoms with van der Waals surface area (Å²) in [5.41, 5.74) is 7.75. The van der Waals surface area contributed by atoms with Crippen molar-refractivity contribution in [2.75, 3.05) is 13.1 Å². The van der Waals surface area contributed by atoms with Crippen LogP contribution in [0.2, 0.25) is 0 Å². The topological polar surface area (TPSA) is 46.3 Å². The van der Waals surface area contributed by atoms with Gasteiger partial charge in [0.25, 0.3) is 5.91 Å². The molecule has 2 rings (SSSR count). The second-order valence-electron chi connectivity index (χ2n) is 4.54. The van der Waals surface area contributed by atoms with Crippen molar-refractivity contribution in [2.45, 2.75) is 25.8 Å². The van der Waals surface area contributed by atoms with Crippen LogP contribution in [0.1, 0.15) is 28.8 Å². The SMILES string of the molecule is Cc1c(I)cccc1C(=O)N1CCC(N)CC1. The molecule has 0 saturated carbocycles. The summed E-state index contributed by atoms with van der Waals surface area (Å²) >= 11 is 2.27. The highest BCUT2D eigenvalue weighted by molar-refractivity contribution is 14.1. The number of benzene rings is 1. The molecule has 1 fully saturated rings. The van der Waals surface area contributed by atoms with E-state index in [2.05, 4.69) is 22.6 Å². The molecule has 0 radical (unpaired) electrons. The number of amides is 1. The van der Waals surface area contributed by atoms with Crippen molar-refractivity contribution >= 4 is 28.5 Å². The molecule has 0 unspecified atom stereocenters. The van der Waals surface area contributed by atoms with E-state index in [0.717, 1.165) is 40.6 Å². The number of rotatable bonds is 1. The fourth-order valence-electron chi connectivity index (χ4n) is 2.11. The van der Waals surface area contributed by atoms with Crippen molar-refractivity contribution in [2.24, 2.45) is 5.73 Å². The molecule has 17 heavy (non-hydrogen) atoms. The molecule has 0 bridgehead atoms. The molecular formula is C13H17IN2O. The lowest BCUT2D eigenvalue weighted by Gasteiger charge is -2.30. The standard InChI is InChI=1S/C13H17IN2O/c1-9-11(3-2-4-12(9)14)13(17)16-7-5-10(15)6-8-16/h2-4,10H,5-8,15H2,1H3. The minimum atomic E-state index is 0.146. The van der Waals surface area contributed by atoms with Crippen molar-refractivity contribution in [3.8, 4) is 0 Å². The summed E-state index contributed by atoms with van der Waals surface area (Å²) in [7, 11) is 0. The third-order valence-corrected chi connectivity index (χ3v) is 4.49. The molecule has 92 valence electrons. The summed E-state index contributed by atoms with van der Waals surface area (Å²) in [5, 5.41) is 0. The minimum Gasteiger partial charge on any atom is -0.339 e. The van der Waals surface area contributed by atoms with Crippen LogP contribution in [-0.4, -0.2) is 29.9 Å². The van der Waals surface area contributed by atoms with Crippen molar-refractivity contribution < 1.29 is 4.79 Å². The van der Waals surface area contributed by atoms with Gasteiger partial charge in [-0.3, -0.25) is 4.79 Å². The van der Waals surface area contributed by atoms with E-state index < -0.39 is 0 Å². The second-order valence-corrected chi connectivity index (χ2v) is 5.70. The van der Waals surface area contributed by atoms with E-state index in [-0.39, 0.29) is 11.9 Å². The van der Waals surface area contributed by atoms with Gasteiger partial charge in [0.1, 0.15) is 0 Å². The third-order valence-electron chi connectivity index (χ3n) is 3.32. The lowest BCUT2D eigenvalue weighted by atomic mass is 10.0. The van der Waals surface area contributed by atoms with Gasteiger partial charge in [0.2, 0.25) is 0 Å². The van der Waals surface area contributed by atoms with Crippen molar-refractivity contribution in [1.29, 1.82) is 0 Å². The first-order chi connectivity index (χ1) is 8.09. The van der Waals surface area contributed by atoms with E-state index in [4.69, 9.17) is 5.73 Å². The Hall–Kier alpha value is -0.620. The molecule has 2 N–H and O–H groups in total. The summed E-state index contributed by atoms with van der Waals surface area (Å²) < 4.78 is 1.14. The number of hydrogen-bond donors (Lipinski definition) is 1. The molecule has 1 aromatic carbocycles. The number of hydrogen-bond acceptors (Lipinski definition) is 2. The van der Waals surface area contributed by atoms with Gasteiger partial charge in [-0.25, -0.2) is 0 Å². The predicted octanol–water partition coefficient (Wildman–Crippen LogP) is 2.16. The Morgan fingerprint density at radius 2 is 2.06 bits per heavy atom. The summed E-state index contributed by atoms with van der Waals surface area (Å²) in [6.07, 6.45) is 1.82. The first kappa shape index (κ1) is 12.8. The average molecular weight is 344 g/mol. The molecule has 0 aliphatic carbocycles. The number of halogens is 1. The number of nitrogens with zero attached hydrogens (tertiary/aromatic N) is 1. The molecule has 1 aliphatic heterocycles. The zero-order valence-electron chi connectivity index (χ0n) is 9.95. The van der Waals surface area contributed by atoms with Gasteiger partial charge in [0.05, 0.1) is 0 Å². The molecule has 1 aromatic rings. The first-order valence-electron chi connectivity index (χ1n) is 5.89. The van der Waals surface area contributed by atoms with Gasteiger partial charge in [-0.1, -0.05) is 6.07 Å². The lowest BCUT2D eigenvalue weighted by molar-refractivity contribution is 0.0714. The van der Waals surface area contributed by atoms with Crippen molar-refractivity contribution in [3.63, 3.8) is 0 Å². The Bertz CT molecular complexity index is 425. The smallest absolute Gasteiger partial charge is 0.254 e.